The number of hydrogen-bond acceptors (Lipinski definition) is 5. The van der Waals surface area contributed by atoms with Crippen molar-refractivity contribution in [2.45, 2.75) is 137 Å². The van der Waals surface area contributed by atoms with E-state index in [1.165, 1.54) is 5.57 Å². The molecule has 0 spiro atoms. The summed E-state index contributed by atoms with van der Waals surface area (Å²) in [6, 6.07) is -0.0280. The van der Waals surface area contributed by atoms with Crippen molar-refractivity contribution in [2.75, 3.05) is 12.3 Å². The van der Waals surface area contributed by atoms with Crippen LogP contribution in [0.1, 0.15) is 120 Å². The first-order valence-corrected chi connectivity index (χ1v) is 17.9. The second-order valence-corrected chi connectivity index (χ2v) is 15.1. The molecule has 0 aromatic rings. The van der Waals surface area contributed by atoms with Crippen molar-refractivity contribution in [3.63, 3.8) is 0 Å². The van der Waals surface area contributed by atoms with Crippen molar-refractivity contribution >= 4 is 17.5 Å². The number of allylic oxidation sites excluding steroid dienone is 2. The van der Waals surface area contributed by atoms with Crippen LogP contribution < -0.4 is 0 Å². The van der Waals surface area contributed by atoms with Gasteiger partial charge in [0.05, 0.1) is 11.9 Å². The van der Waals surface area contributed by atoms with Crippen LogP contribution in [0.25, 0.3) is 5.32 Å². The molecule has 7 atom stereocenters. The Labute approximate surface area is 294 Å². The Balaban J connectivity index is 0.000000347. The molecule has 44 heavy (non-hydrogen) atoms. The van der Waals surface area contributed by atoms with Crippen molar-refractivity contribution in [2.24, 2.45) is 40.0 Å². The number of fused-ring (bicyclic) bond motifs is 4. The Bertz CT molecular complexity index is 1240. The molecule has 5 nitrogen and oxygen atoms in total. The van der Waals surface area contributed by atoms with Crippen LogP contribution in [-0.2, 0) is 24.8 Å². The molecule has 4 aliphatic heterocycles. The summed E-state index contributed by atoms with van der Waals surface area (Å²) in [5, 5.41) is 24.8. The summed E-state index contributed by atoms with van der Waals surface area (Å²) in [6.45, 7) is 12.7. The Hall–Kier alpha value is -0.721. The molecule has 4 heterocycles. The fourth-order valence-electron chi connectivity index (χ4n) is 7.42. The summed E-state index contributed by atoms with van der Waals surface area (Å²) < 4.78 is 47.4. The van der Waals surface area contributed by atoms with Crippen molar-refractivity contribution < 1.29 is 41.9 Å². The van der Waals surface area contributed by atoms with Crippen LogP contribution in [0.2, 0.25) is 0 Å². The second kappa shape index (κ2) is 16.9. The monoisotopic (exact) mass is 810 g/mol. The molecule has 0 aromatic heterocycles. The van der Waals surface area contributed by atoms with E-state index in [0.29, 0.717) is 24.4 Å². The van der Waals surface area contributed by atoms with E-state index in [2.05, 4.69) is 45.2 Å². The summed E-state index contributed by atoms with van der Waals surface area (Å²) in [7, 11) is 0. The van der Waals surface area contributed by atoms with E-state index < -0.39 is 31.0 Å². The Morgan fingerprint density at radius 1 is 1.23 bits per heavy atom. The van der Waals surface area contributed by atoms with Crippen molar-refractivity contribution in [3.8, 4) is 0 Å². The van der Waals surface area contributed by atoms with Crippen LogP contribution in [0.15, 0.2) is 39.8 Å². The standard InChI is InChI=1S/C24H34N2OS.C13H26O2.Ir/c1-14-8-9-18-17-6-5-7-19(21(17)27-23(18)26-14)20-22-16(10-11-25-20)15(13-28-22)12-24(2,3)4;1-5-10(6-2)12(14)9-13(15)11(7-3)8-4;/h7,10,15,17-18,20,22-23H,5-6,8-9,11-13H2,1-4H3;9-12,14-15H,5-8H2,1-4H3;/q-2;;/b;13-9-;/t15-,17+,18?,20+,22+,23?;12-;/m11./s1/i1D3,12D2;;. The third kappa shape index (κ3) is 9.00. The van der Waals surface area contributed by atoms with Crippen LogP contribution in [0.3, 0.4) is 0 Å². The minimum Gasteiger partial charge on any atom is -0.654 e. The second-order valence-electron chi connectivity index (χ2n) is 13.9. The summed E-state index contributed by atoms with van der Waals surface area (Å²) in [4.78, 5) is 4.54. The zero-order chi connectivity index (χ0) is 35.6. The number of hydrogen-bond donors (Lipinski definition) is 2. The van der Waals surface area contributed by atoms with Crippen molar-refractivity contribution in [1.29, 1.82) is 0 Å². The predicted octanol–water partition coefficient (Wildman–Crippen LogP) is 9.59. The molecule has 0 bridgehead atoms. The molecule has 5 aliphatic rings. The largest absolute Gasteiger partial charge is 0.654 e. The van der Waals surface area contributed by atoms with Gasteiger partial charge in [0, 0.05) is 55.5 Å². The number of aliphatic imine (C=N–C) groups is 1. The van der Waals surface area contributed by atoms with Gasteiger partial charge in [0.15, 0.2) is 6.23 Å². The fourth-order valence-corrected chi connectivity index (χ4v) is 8.97. The summed E-state index contributed by atoms with van der Waals surface area (Å²) >= 11 is 1.83. The molecular formula is C37H60IrN2O3S-2. The third-order valence-electron chi connectivity index (χ3n) is 9.88. The molecule has 5 rings (SSSR count). The summed E-state index contributed by atoms with van der Waals surface area (Å²) in [5.74, 6) is 3.00. The first kappa shape index (κ1) is 30.6. The van der Waals surface area contributed by atoms with Gasteiger partial charge in [0.2, 0.25) is 0 Å². The van der Waals surface area contributed by atoms with Crippen LogP contribution in [0.4, 0.5) is 0 Å². The van der Waals surface area contributed by atoms with Gasteiger partial charge in [-0.2, -0.15) is 17.3 Å². The minimum absolute atomic E-state index is 0. The number of aliphatic hydroxyl groups is 2. The zero-order valence-electron chi connectivity index (χ0n) is 32.9. The molecule has 2 saturated heterocycles. The topological polar surface area (TPSA) is 76.2 Å². The van der Waals surface area contributed by atoms with E-state index >= 15 is 0 Å². The number of nitrogens with zero attached hydrogens (tertiary/aromatic N) is 2. The maximum atomic E-state index is 9.88. The first-order chi connectivity index (χ1) is 22.5. The van der Waals surface area contributed by atoms with Crippen LogP contribution in [0, 0.1) is 41.4 Å². The Morgan fingerprint density at radius 2 is 1.95 bits per heavy atom. The normalized spacial score (nSPS) is 32.9. The van der Waals surface area contributed by atoms with E-state index in [1.807, 2.05) is 32.5 Å². The van der Waals surface area contributed by atoms with Gasteiger partial charge in [-0.3, -0.25) is 4.99 Å². The molecule has 253 valence electrons. The van der Waals surface area contributed by atoms with Gasteiger partial charge in [0.1, 0.15) is 0 Å². The predicted molar refractivity (Wildman–Crippen MR) is 184 cm³/mol. The zero-order valence-corrected chi connectivity index (χ0v) is 31.1. The first-order valence-electron chi connectivity index (χ1n) is 19.4. The van der Waals surface area contributed by atoms with E-state index in [0.717, 1.165) is 62.0 Å². The summed E-state index contributed by atoms with van der Waals surface area (Å²) in [6.07, 6.45) is 10.9. The molecule has 2 N–H and O–H groups in total. The number of ether oxygens (including phenoxy) is 1. The van der Waals surface area contributed by atoms with Gasteiger partial charge in [0.25, 0.3) is 0 Å². The van der Waals surface area contributed by atoms with Gasteiger partial charge < -0.3 is 20.3 Å². The van der Waals surface area contributed by atoms with Gasteiger partial charge in [-0.15, -0.1) is 25.1 Å². The average molecular weight is 810 g/mol. The molecule has 0 amide bonds. The maximum absolute atomic E-state index is 9.88. The van der Waals surface area contributed by atoms with Gasteiger partial charge in [-0.1, -0.05) is 73.3 Å². The van der Waals surface area contributed by atoms with E-state index in [4.69, 9.17) is 16.9 Å². The van der Waals surface area contributed by atoms with Crippen molar-refractivity contribution in [3.05, 3.63) is 46.6 Å². The molecule has 7 heteroatoms. The molecule has 0 saturated carbocycles. The van der Waals surface area contributed by atoms with Gasteiger partial charge >= 0.3 is 0 Å². The molecular weight excluding hydrogens is 745 g/mol. The van der Waals surface area contributed by atoms with Crippen LogP contribution >= 0.6 is 11.8 Å². The van der Waals surface area contributed by atoms with E-state index in [-0.39, 0.29) is 61.0 Å². The van der Waals surface area contributed by atoms with Crippen molar-refractivity contribution in [1.82, 2.24) is 0 Å². The third-order valence-corrected chi connectivity index (χ3v) is 11.3. The number of rotatable bonds is 9. The minimum atomic E-state index is -2.15. The average Bonchev–Trinajstić information content (AvgIpc) is 3.63. The maximum Gasteiger partial charge on any atom is 0.171 e. The van der Waals surface area contributed by atoms with Crippen LogP contribution in [0.5, 0.6) is 0 Å². The number of aliphatic hydroxyl groups excluding tert-OH is 2. The van der Waals surface area contributed by atoms with Crippen LogP contribution in [-0.4, -0.2) is 51.8 Å². The number of thioether (sulfide) groups is 1. The van der Waals surface area contributed by atoms with Gasteiger partial charge in [-0.25, -0.2) is 6.42 Å². The Morgan fingerprint density at radius 3 is 2.59 bits per heavy atom. The smallest absolute Gasteiger partial charge is 0.171 e. The molecule has 1 radical (unpaired) electrons. The van der Waals surface area contributed by atoms with E-state index in [9.17, 15) is 10.2 Å². The molecule has 2 fully saturated rings. The molecule has 1 aliphatic carbocycles. The van der Waals surface area contributed by atoms with Gasteiger partial charge in [-0.05, 0) is 73.9 Å². The fraction of sp³-hybridized carbons (Fsp3) is 0.784. The quantitative estimate of drug-likeness (QED) is 0.138. The SMILES string of the molecule is CCC(CC)/C(O)=C/[C@@H](O)C(CC)CC.[2H]C([2H])([2H])C1=NC2OC3=C([C@@H]4[N-]CC=C5[C@H](C([2H])([2H])C(C)(C)C)CS[C@@H]54)[CH-]CC[C@H]3C2CC1.[Ir]. The molecule has 0 aromatic carbocycles. The Kier molecular flexibility index (Phi) is 11.8. The molecule has 2 unspecified atom stereocenters. The van der Waals surface area contributed by atoms with E-state index in [1.54, 1.807) is 6.08 Å². The summed E-state index contributed by atoms with van der Waals surface area (Å²) in [5.41, 5.74) is 2.21.